The van der Waals surface area contributed by atoms with Gasteiger partial charge in [0.1, 0.15) is 5.82 Å². The number of hydrogen-bond acceptors (Lipinski definition) is 2. The first-order valence-corrected chi connectivity index (χ1v) is 6.67. The van der Waals surface area contributed by atoms with Crippen molar-refractivity contribution in [1.29, 1.82) is 0 Å². The molecule has 0 atom stereocenters. The summed E-state index contributed by atoms with van der Waals surface area (Å²) in [5.41, 5.74) is 3.52. The van der Waals surface area contributed by atoms with Gasteiger partial charge < -0.3 is 5.32 Å². The third-order valence-electron chi connectivity index (χ3n) is 3.46. The Bertz CT molecular complexity index is 574. The summed E-state index contributed by atoms with van der Waals surface area (Å²) in [4.78, 5) is 4.24. The molecule has 3 heteroatoms. The van der Waals surface area contributed by atoms with Gasteiger partial charge in [0, 0.05) is 35.6 Å². The predicted octanol–water partition coefficient (Wildman–Crippen LogP) is 3.45. The zero-order valence-corrected chi connectivity index (χ0v) is 11.0. The lowest BCUT2D eigenvalue weighted by Crippen LogP contribution is -2.16. The molecule has 0 bridgehead atoms. The van der Waals surface area contributed by atoms with Crippen LogP contribution < -0.4 is 5.32 Å². The third-order valence-corrected chi connectivity index (χ3v) is 3.46. The number of aromatic nitrogens is 1. The Balaban J connectivity index is 1.79. The fourth-order valence-electron chi connectivity index (χ4n) is 2.05. The van der Waals surface area contributed by atoms with Gasteiger partial charge in [-0.15, -0.1) is 0 Å². The van der Waals surface area contributed by atoms with Crippen molar-refractivity contribution in [2.75, 3.05) is 0 Å². The Morgan fingerprint density at radius 2 is 2.00 bits per heavy atom. The quantitative estimate of drug-likeness (QED) is 0.906. The fourth-order valence-corrected chi connectivity index (χ4v) is 2.05. The maximum Gasteiger partial charge on any atom is 0.128 e. The van der Waals surface area contributed by atoms with E-state index in [4.69, 9.17) is 0 Å². The average Bonchev–Trinajstić information content (AvgIpc) is 3.22. The van der Waals surface area contributed by atoms with E-state index in [1.165, 1.54) is 12.8 Å². The molecule has 19 heavy (non-hydrogen) atoms. The van der Waals surface area contributed by atoms with Crippen LogP contribution in [0, 0.1) is 12.7 Å². The van der Waals surface area contributed by atoms with Gasteiger partial charge in [0.2, 0.25) is 0 Å². The van der Waals surface area contributed by atoms with Gasteiger partial charge in [0.25, 0.3) is 0 Å². The zero-order valence-electron chi connectivity index (χ0n) is 11.0. The maximum absolute atomic E-state index is 14.0. The smallest absolute Gasteiger partial charge is 0.128 e. The zero-order chi connectivity index (χ0) is 13.2. The van der Waals surface area contributed by atoms with Gasteiger partial charge in [-0.05, 0) is 37.5 Å². The lowest BCUT2D eigenvalue weighted by molar-refractivity contribution is 0.587. The van der Waals surface area contributed by atoms with Crippen LogP contribution >= 0.6 is 0 Å². The van der Waals surface area contributed by atoms with E-state index in [0.29, 0.717) is 12.6 Å². The van der Waals surface area contributed by atoms with E-state index in [1.54, 1.807) is 12.3 Å². The second kappa shape index (κ2) is 5.10. The molecule has 0 amide bonds. The summed E-state index contributed by atoms with van der Waals surface area (Å²) < 4.78 is 14.0. The normalized spacial score (nSPS) is 14.6. The summed E-state index contributed by atoms with van der Waals surface area (Å²) in [6.45, 7) is 2.56. The van der Waals surface area contributed by atoms with Gasteiger partial charge in [-0.25, -0.2) is 4.39 Å². The summed E-state index contributed by atoms with van der Waals surface area (Å²) in [5, 5.41) is 3.33. The summed E-state index contributed by atoms with van der Waals surface area (Å²) in [7, 11) is 0. The van der Waals surface area contributed by atoms with Crippen molar-refractivity contribution in [3.8, 4) is 11.1 Å². The summed E-state index contributed by atoms with van der Waals surface area (Å²) in [5.74, 6) is -0.147. The highest BCUT2D eigenvalue weighted by Gasteiger charge is 2.20. The summed E-state index contributed by atoms with van der Waals surface area (Å²) in [6.07, 6.45) is 4.22. The van der Waals surface area contributed by atoms with Crippen molar-refractivity contribution >= 4 is 0 Å². The van der Waals surface area contributed by atoms with Crippen LogP contribution in [0.15, 0.2) is 36.5 Å². The second-order valence-electron chi connectivity index (χ2n) is 5.15. The van der Waals surface area contributed by atoms with E-state index >= 15 is 0 Å². The van der Waals surface area contributed by atoms with Crippen molar-refractivity contribution in [2.45, 2.75) is 32.4 Å². The molecule has 0 spiro atoms. The highest BCUT2D eigenvalue weighted by Crippen LogP contribution is 2.23. The molecular weight excluding hydrogens is 239 g/mol. The predicted molar refractivity (Wildman–Crippen MR) is 74.2 cm³/mol. The van der Waals surface area contributed by atoms with E-state index in [2.05, 4.69) is 10.3 Å². The molecule has 0 radical (unpaired) electrons. The molecule has 1 aromatic carbocycles. The molecule has 1 aliphatic rings. The molecule has 2 nitrogen and oxygen atoms in total. The minimum Gasteiger partial charge on any atom is -0.310 e. The Kier molecular flexibility index (Phi) is 3.30. The van der Waals surface area contributed by atoms with Crippen LogP contribution in [0.5, 0.6) is 0 Å². The summed E-state index contributed by atoms with van der Waals surface area (Å²) in [6, 6.07) is 9.92. The number of aryl methyl sites for hydroxylation is 1. The Labute approximate surface area is 112 Å². The number of nitrogens with zero attached hydrogens (tertiary/aromatic N) is 1. The molecule has 3 rings (SSSR count). The first-order valence-electron chi connectivity index (χ1n) is 6.67. The molecule has 1 fully saturated rings. The number of benzene rings is 1. The van der Waals surface area contributed by atoms with Crippen molar-refractivity contribution in [1.82, 2.24) is 10.3 Å². The number of hydrogen-bond donors (Lipinski definition) is 1. The minimum atomic E-state index is -0.147. The van der Waals surface area contributed by atoms with Crippen LogP contribution in [0.4, 0.5) is 4.39 Å². The summed E-state index contributed by atoms with van der Waals surface area (Å²) >= 11 is 0. The van der Waals surface area contributed by atoms with Crippen LogP contribution in [0.1, 0.15) is 24.1 Å². The van der Waals surface area contributed by atoms with Crippen LogP contribution in [-0.2, 0) is 6.54 Å². The molecule has 1 aromatic heterocycles. The molecule has 98 valence electrons. The monoisotopic (exact) mass is 256 g/mol. The molecule has 0 aliphatic heterocycles. The maximum atomic E-state index is 14.0. The van der Waals surface area contributed by atoms with Crippen LogP contribution in [0.25, 0.3) is 11.1 Å². The van der Waals surface area contributed by atoms with Crippen molar-refractivity contribution < 1.29 is 4.39 Å². The standard InChI is InChI=1S/C16H17FN2/c1-11-2-3-13(9-18-11)12-4-5-14(16(17)8-12)10-19-15-6-7-15/h2-5,8-9,15,19H,6-7,10H2,1H3. The number of pyridine rings is 1. The number of rotatable bonds is 4. The minimum absolute atomic E-state index is 0.147. The van der Waals surface area contributed by atoms with E-state index < -0.39 is 0 Å². The Hall–Kier alpha value is -1.74. The van der Waals surface area contributed by atoms with E-state index in [-0.39, 0.29) is 5.82 Å². The Morgan fingerprint density at radius 1 is 1.21 bits per heavy atom. The van der Waals surface area contributed by atoms with Gasteiger partial charge in [0.15, 0.2) is 0 Å². The second-order valence-corrected chi connectivity index (χ2v) is 5.15. The fraction of sp³-hybridized carbons (Fsp3) is 0.312. The van der Waals surface area contributed by atoms with Gasteiger partial charge in [-0.3, -0.25) is 4.98 Å². The SMILES string of the molecule is Cc1ccc(-c2ccc(CNC3CC3)c(F)c2)cn1. The van der Waals surface area contributed by atoms with E-state index in [9.17, 15) is 4.39 Å². The first-order chi connectivity index (χ1) is 9.22. The average molecular weight is 256 g/mol. The molecule has 1 aliphatic carbocycles. The van der Waals surface area contributed by atoms with Gasteiger partial charge >= 0.3 is 0 Å². The van der Waals surface area contributed by atoms with Crippen molar-refractivity contribution in [3.05, 3.63) is 53.6 Å². The molecule has 1 heterocycles. The topological polar surface area (TPSA) is 24.9 Å². The first kappa shape index (κ1) is 12.3. The van der Waals surface area contributed by atoms with E-state index in [1.807, 2.05) is 31.2 Å². The molecule has 0 unspecified atom stereocenters. The highest BCUT2D eigenvalue weighted by atomic mass is 19.1. The lowest BCUT2D eigenvalue weighted by Gasteiger charge is -2.07. The number of nitrogens with one attached hydrogen (secondary N) is 1. The molecule has 2 aromatic rings. The van der Waals surface area contributed by atoms with Gasteiger partial charge in [-0.2, -0.15) is 0 Å². The molecular formula is C16H17FN2. The number of halogens is 1. The molecule has 1 saturated carbocycles. The highest BCUT2D eigenvalue weighted by molar-refractivity contribution is 5.62. The third kappa shape index (κ3) is 2.99. The van der Waals surface area contributed by atoms with E-state index in [0.717, 1.165) is 22.4 Å². The van der Waals surface area contributed by atoms with Crippen LogP contribution in [0.2, 0.25) is 0 Å². The largest absolute Gasteiger partial charge is 0.310 e. The van der Waals surface area contributed by atoms with Crippen molar-refractivity contribution in [3.63, 3.8) is 0 Å². The Morgan fingerprint density at radius 3 is 2.63 bits per heavy atom. The van der Waals surface area contributed by atoms with Gasteiger partial charge in [0.05, 0.1) is 0 Å². The van der Waals surface area contributed by atoms with Crippen LogP contribution in [-0.4, -0.2) is 11.0 Å². The van der Waals surface area contributed by atoms with Crippen molar-refractivity contribution in [2.24, 2.45) is 0 Å². The lowest BCUT2D eigenvalue weighted by atomic mass is 10.0. The molecule has 1 N–H and O–H groups in total. The molecule has 0 saturated heterocycles. The van der Waals surface area contributed by atoms with Crippen LogP contribution in [0.3, 0.4) is 0 Å². The van der Waals surface area contributed by atoms with Gasteiger partial charge in [-0.1, -0.05) is 18.2 Å².